The zero-order valence-electron chi connectivity index (χ0n) is 8.20. The van der Waals surface area contributed by atoms with Crippen molar-refractivity contribution >= 4 is 5.91 Å². The summed E-state index contributed by atoms with van der Waals surface area (Å²) in [6.45, 7) is 3.04. The Labute approximate surface area is 79.6 Å². The molecular weight excluding hydrogens is 162 g/mol. The van der Waals surface area contributed by atoms with E-state index in [1.165, 1.54) is 19.3 Å². The molecule has 2 fully saturated rings. The van der Waals surface area contributed by atoms with Gasteiger partial charge < -0.3 is 4.90 Å². The van der Waals surface area contributed by atoms with E-state index in [1.807, 2.05) is 6.08 Å². The van der Waals surface area contributed by atoms with E-state index in [-0.39, 0.29) is 5.91 Å². The maximum absolute atomic E-state index is 11.6. The van der Waals surface area contributed by atoms with Gasteiger partial charge in [0.2, 0.25) is 5.91 Å². The number of piperidine rings is 1. The molecule has 2 rings (SSSR count). The average Bonchev–Trinajstić information content (AvgIpc) is 2.92. The quantitative estimate of drug-likeness (QED) is 0.593. The van der Waals surface area contributed by atoms with Crippen LogP contribution in [0.1, 0.15) is 32.6 Å². The number of allylic oxidation sites excluding steroid dienone is 1. The second-order valence-corrected chi connectivity index (χ2v) is 4.05. The molecule has 2 atom stereocenters. The van der Waals surface area contributed by atoms with Crippen LogP contribution in [-0.2, 0) is 4.79 Å². The normalized spacial score (nSPS) is 31.9. The summed E-state index contributed by atoms with van der Waals surface area (Å²) in [7, 11) is 0. The Hall–Kier alpha value is -0.790. The number of hydrogen-bond acceptors (Lipinski definition) is 1. The summed E-state index contributed by atoms with van der Waals surface area (Å²) in [5.41, 5.74) is 0. The van der Waals surface area contributed by atoms with Crippen LogP contribution in [0.25, 0.3) is 0 Å². The molecule has 13 heavy (non-hydrogen) atoms. The monoisotopic (exact) mass is 179 g/mol. The minimum Gasteiger partial charge on any atom is -0.336 e. The Morgan fingerprint density at radius 1 is 1.62 bits per heavy atom. The first-order valence-corrected chi connectivity index (χ1v) is 5.30. The molecule has 0 spiro atoms. The molecule has 0 bridgehead atoms. The lowest BCUT2D eigenvalue weighted by molar-refractivity contribution is -0.127. The fourth-order valence-electron chi connectivity index (χ4n) is 2.20. The molecule has 1 aliphatic heterocycles. The Balaban J connectivity index is 1.92. The van der Waals surface area contributed by atoms with E-state index in [9.17, 15) is 4.79 Å². The molecule has 0 aromatic heterocycles. The predicted octanol–water partition coefficient (Wildman–Crippen LogP) is 1.96. The van der Waals surface area contributed by atoms with Gasteiger partial charge in [-0.2, -0.15) is 0 Å². The molecule has 2 unspecified atom stereocenters. The Morgan fingerprint density at radius 2 is 2.46 bits per heavy atom. The van der Waals surface area contributed by atoms with Gasteiger partial charge in [-0.05, 0) is 37.7 Å². The van der Waals surface area contributed by atoms with E-state index in [1.54, 1.807) is 6.08 Å². The van der Waals surface area contributed by atoms with Crippen LogP contribution in [0.15, 0.2) is 12.2 Å². The van der Waals surface area contributed by atoms with Gasteiger partial charge in [0.05, 0.1) is 0 Å². The van der Waals surface area contributed by atoms with E-state index >= 15 is 0 Å². The smallest absolute Gasteiger partial charge is 0.246 e. The van der Waals surface area contributed by atoms with Crippen LogP contribution in [0.4, 0.5) is 0 Å². The van der Waals surface area contributed by atoms with Crippen molar-refractivity contribution in [2.75, 3.05) is 6.54 Å². The minimum absolute atomic E-state index is 0.231. The Kier molecular flexibility index (Phi) is 2.38. The number of fused-ring (bicyclic) bond motifs is 1. The molecule has 0 N–H and O–H groups in total. The largest absolute Gasteiger partial charge is 0.336 e. The number of likely N-dealkylation sites (tertiary alicyclic amines) is 1. The van der Waals surface area contributed by atoms with Crippen LogP contribution in [0.2, 0.25) is 0 Å². The zero-order valence-corrected chi connectivity index (χ0v) is 8.20. The third-order valence-electron chi connectivity index (χ3n) is 3.04. The van der Waals surface area contributed by atoms with Gasteiger partial charge in [0.1, 0.15) is 0 Å². The molecule has 72 valence electrons. The van der Waals surface area contributed by atoms with Crippen LogP contribution in [0.3, 0.4) is 0 Å². The molecule has 2 heteroatoms. The summed E-state index contributed by atoms with van der Waals surface area (Å²) >= 11 is 0. The number of rotatable bonds is 2. The predicted molar refractivity (Wildman–Crippen MR) is 52.3 cm³/mol. The van der Waals surface area contributed by atoms with Crippen molar-refractivity contribution in [2.24, 2.45) is 5.92 Å². The lowest BCUT2D eigenvalue weighted by Crippen LogP contribution is -2.36. The van der Waals surface area contributed by atoms with Gasteiger partial charge in [-0.25, -0.2) is 0 Å². The molecule has 2 nitrogen and oxygen atoms in total. The van der Waals surface area contributed by atoms with Gasteiger partial charge in [-0.1, -0.05) is 13.0 Å². The molecule has 1 saturated heterocycles. The van der Waals surface area contributed by atoms with Crippen LogP contribution in [-0.4, -0.2) is 23.4 Å². The second kappa shape index (κ2) is 3.52. The van der Waals surface area contributed by atoms with Gasteiger partial charge >= 0.3 is 0 Å². The highest BCUT2D eigenvalue weighted by atomic mass is 16.2. The molecule has 1 aliphatic carbocycles. The third kappa shape index (κ3) is 1.77. The van der Waals surface area contributed by atoms with E-state index in [4.69, 9.17) is 0 Å². The molecular formula is C11H17NO. The summed E-state index contributed by atoms with van der Waals surface area (Å²) in [5, 5.41) is 0. The van der Waals surface area contributed by atoms with Crippen molar-refractivity contribution in [3.8, 4) is 0 Å². The molecule has 0 aromatic rings. The van der Waals surface area contributed by atoms with Crippen molar-refractivity contribution in [1.29, 1.82) is 0 Å². The number of amides is 1. The molecule has 1 saturated carbocycles. The fraction of sp³-hybridized carbons (Fsp3) is 0.727. The Morgan fingerprint density at radius 3 is 3.23 bits per heavy atom. The highest BCUT2D eigenvalue weighted by Crippen LogP contribution is 2.42. The Bertz CT molecular complexity index is 234. The second-order valence-electron chi connectivity index (χ2n) is 4.05. The van der Waals surface area contributed by atoms with Crippen molar-refractivity contribution in [1.82, 2.24) is 4.90 Å². The molecule has 0 radical (unpaired) electrons. The summed E-state index contributed by atoms with van der Waals surface area (Å²) in [6, 6.07) is 0.600. The van der Waals surface area contributed by atoms with E-state index in [0.717, 1.165) is 18.9 Å². The highest BCUT2D eigenvalue weighted by Gasteiger charge is 2.45. The maximum atomic E-state index is 11.6. The van der Waals surface area contributed by atoms with Crippen molar-refractivity contribution < 1.29 is 4.79 Å². The van der Waals surface area contributed by atoms with E-state index in [2.05, 4.69) is 11.8 Å². The van der Waals surface area contributed by atoms with Crippen LogP contribution < -0.4 is 0 Å². The summed E-state index contributed by atoms with van der Waals surface area (Å²) < 4.78 is 0. The average molecular weight is 179 g/mol. The van der Waals surface area contributed by atoms with E-state index in [0.29, 0.717) is 6.04 Å². The highest BCUT2D eigenvalue weighted by molar-refractivity contribution is 5.88. The molecule has 1 heterocycles. The summed E-state index contributed by atoms with van der Waals surface area (Å²) in [4.78, 5) is 13.7. The van der Waals surface area contributed by atoms with Gasteiger partial charge in [0.15, 0.2) is 0 Å². The first kappa shape index (κ1) is 8.79. The third-order valence-corrected chi connectivity index (χ3v) is 3.04. The first-order valence-electron chi connectivity index (χ1n) is 5.30. The maximum Gasteiger partial charge on any atom is 0.246 e. The first-order chi connectivity index (χ1) is 6.33. The SMILES string of the molecule is CC/C=C/C(=O)N1CCCC2CC21. The lowest BCUT2D eigenvalue weighted by atomic mass is 10.1. The van der Waals surface area contributed by atoms with Crippen LogP contribution in [0, 0.1) is 5.92 Å². The lowest BCUT2D eigenvalue weighted by Gasteiger charge is -2.25. The summed E-state index contributed by atoms with van der Waals surface area (Å²) in [5.74, 6) is 1.07. The molecule has 0 aromatic carbocycles. The van der Waals surface area contributed by atoms with Gasteiger partial charge in [-0.15, -0.1) is 0 Å². The van der Waals surface area contributed by atoms with Gasteiger partial charge in [0.25, 0.3) is 0 Å². The fourth-order valence-corrected chi connectivity index (χ4v) is 2.20. The topological polar surface area (TPSA) is 20.3 Å². The summed E-state index contributed by atoms with van der Waals surface area (Å²) in [6.07, 6.45) is 8.44. The minimum atomic E-state index is 0.231. The van der Waals surface area contributed by atoms with E-state index < -0.39 is 0 Å². The number of hydrogen-bond donors (Lipinski definition) is 0. The number of nitrogens with zero attached hydrogens (tertiary/aromatic N) is 1. The van der Waals surface area contributed by atoms with Crippen molar-refractivity contribution in [3.63, 3.8) is 0 Å². The van der Waals surface area contributed by atoms with Gasteiger partial charge in [0, 0.05) is 12.6 Å². The zero-order chi connectivity index (χ0) is 9.26. The van der Waals surface area contributed by atoms with Crippen molar-refractivity contribution in [3.05, 3.63) is 12.2 Å². The number of carbonyl (C=O) groups excluding carboxylic acids is 1. The van der Waals surface area contributed by atoms with Gasteiger partial charge in [-0.3, -0.25) is 4.79 Å². The molecule has 2 aliphatic rings. The number of carbonyl (C=O) groups is 1. The van der Waals surface area contributed by atoms with Crippen LogP contribution in [0.5, 0.6) is 0 Å². The standard InChI is InChI=1S/C11H17NO/c1-2-3-6-11(13)12-7-4-5-9-8-10(9)12/h3,6,9-10H,2,4-5,7-8H2,1H3/b6-3+. The van der Waals surface area contributed by atoms with Crippen LogP contribution >= 0.6 is 0 Å². The molecule has 1 amide bonds. The van der Waals surface area contributed by atoms with Crippen molar-refractivity contribution in [2.45, 2.75) is 38.6 Å².